The summed E-state index contributed by atoms with van der Waals surface area (Å²) < 4.78 is 5.39. The van der Waals surface area contributed by atoms with E-state index < -0.39 is 5.97 Å². The Labute approximate surface area is 118 Å². The molecule has 2 aromatic rings. The lowest BCUT2D eigenvalue weighted by Gasteiger charge is -2.10. The first-order chi connectivity index (χ1) is 9.65. The Balaban J connectivity index is 1.94. The molecule has 0 saturated carbocycles. The van der Waals surface area contributed by atoms with Crippen LogP contribution < -0.4 is 5.56 Å². The molecule has 1 aliphatic rings. The minimum Gasteiger partial charge on any atom is -0.481 e. The number of aryl methyl sites for hydroxylation is 1. The van der Waals surface area contributed by atoms with E-state index >= 15 is 0 Å². The maximum atomic E-state index is 12.2. The maximum Gasteiger partial charge on any atom is 0.303 e. The van der Waals surface area contributed by atoms with E-state index in [2.05, 4.69) is 9.97 Å². The van der Waals surface area contributed by atoms with Crippen LogP contribution in [0.2, 0.25) is 0 Å². The van der Waals surface area contributed by atoms with Crippen molar-refractivity contribution in [2.75, 3.05) is 6.61 Å². The van der Waals surface area contributed by atoms with Crippen LogP contribution in [0.25, 0.3) is 10.2 Å². The summed E-state index contributed by atoms with van der Waals surface area (Å²) in [5.41, 5.74) is 0.932. The number of aliphatic carboxylic acids is 1. The highest BCUT2D eigenvalue weighted by Crippen LogP contribution is 2.31. The number of nitrogens with zero attached hydrogens (tertiary/aromatic N) is 1. The smallest absolute Gasteiger partial charge is 0.303 e. The molecule has 0 radical (unpaired) electrons. The SMILES string of the molecule is O=C(O)CCCc1nc2sc3c(c2c(=O)[nH]1)CCOC3. The van der Waals surface area contributed by atoms with Gasteiger partial charge in [-0.3, -0.25) is 9.59 Å². The highest BCUT2D eigenvalue weighted by molar-refractivity contribution is 7.18. The van der Waals surface area contributed by atoms with E-state index in [1.54, 1.807) is 0 Å². The highest BCUT2D eigenvalue weighted by atomic mass is 32.1. The predicted octanol–water partition coefficient (Wildman–Crippen LogP) is 1.46. The molecule has 0 atom stereocenters. The average molecular weight is 294 g/mol. The van der Waals surface area contributed by atoms with E-state index in [1.165, 1.54) is 11.3 Å². The van der Waals surface area contributed by atoms with E-state index in [4.69, 9.17) is 9.84 Å². The van der Waals surface area contributed by atoms with Crippen molar-refractivity contribution in [2.24, 2.45) is 0 Å². The largest absolute Gasteiger partial charge is 0.481 e. The van der Waals surface area contributed by atoms with Gasteiger partial charge in [0.15, 0.2) is 0 Å². The van der Waals surface area contributed by atoms with Crippen LogP contribution >= 0.6 is 11.3 Å². The molecular weight excluding hydrogens is 280 g/mol. The zero-order valence-electron chi connectivity index (χ0n) is 10.8. The van der Waals surface area contributed by atoms with Crippen molar-refractivity contribution in [1.29, 1.82) is 0 Å². The molecule has 106 valence electrons. The maximum absolute atomic E-state index is 12.2. The number of hydrogen-bond acceptors (Lipinski definition) is 5. The summed E-state index contributed by atoms with van der Waals surface area (Å²) in [5, 5.41) is 9.30. The number of H-pyrrole nitrogens is 1. The van der Waals surface area contributed by atoms with Crippen molar-refractivity contribution in [2.45, 2.75) is 32.3 Å². The first-order valence-electron chi connectivity index (χ1n) is 6.48. The van der Waals surface area contributed by atoms with Crippen LogP contribution in [0.5, 0.6) is 0 Å². The fourth-order valence-electron chi connectivity index (χ4n) is 2.40. The van der Waals surface area contributed by atoms with Gasteiger partial charge in [-0.15, -0.1) is 11.3 Å². The fourth-order valence-corrected chi connectivity index (χ4v) is 3.58. The molecule has 1 aliphatic heterocycles. The first-order valence-corrected chi connectivity index (χ1v) is 7.30. The van der Waals surface area contributed by atoms with Crippen LogP contribution in [0.15, 0.2) is 4.79 Å². The van der Waals surface area contributed by atoms with Crippen LogP contribution in [0.1, 0.15) is 29.1 Å². The summed E-state index contributed by atoms with van der Waals surface area (Å²) in [5.74, 6) is -0.277. The van der Waals surface area contributed by atoms with E-state index in [9.17, 15) is 9.59 Å². The van der Waals surface area contributed by atoms with Crippen LogP contribution in [0.4, 0.5) is 0 Å². The van der Waals surface area contributed by atoms with Crippen molar-refractivity contribution in [3.8, 4) is 0 Å². The molecule has 0 unspecified atom stereocenters. The van der Waals surface area contributed by atoms with Gasteiger partial charge in [0.05, 0.1) is 18.6 Å². The quantitative estimate of drug-likeness (QED) is 0.890. The molecule has 2 aromatic heterocycles. The molecule has 0 amide bonds. The van der Waals surface area contributed by atoms with E-state index in [1.807, 2.05) is 0 Å². The van der Waals surface area contributed by atoms with Crippen molar-refractivity contribution in [3.63, 3.8) is 0 Å². The Morgan fingerprint density at radius 2 is 2.35 bits per heavy atom. The number of nitrogens with one attached hydrogen (secondary N) is 1. The number of hydrogen-bond donors (Lipinski definition) is 2. The topological polar surface area (TPSA) is 92.3 Å². The summed E-state index contributed by atoms with van der Waals surface area (Å²) >= 11 is 1.50. The Kier molecular flexibility index (Phi) is 3.54. The minimum absolute atomic E-state index is 0.0799. The van der Waals surface area contributed by atoms with Gasteiger partial charge < -0.3 is 14.8 Å². The minimum atomic E-state index is -0.836. The molecule has 0 saturated heterocycles. The molecule has 0 bridgehead atoms. The van der Waals surface area contributed by atoms with Crippen LogP contribution in [-0.4, -0.2) is 27.7 Å². The Morgan fingerprint density at radius 3 is 3.15 bits per heavy atom. The second kappa shape index (κ2) is 5.34. The molecule has 6 nitrogen and oxygen atoms in total. The lowest BCUT2D eigenvalue weighted by molar-refractivity contribution is -0.137. The third-order valence-electron chi connectivity index (χ3n) is 3.33. The number of carbonyl (C=O) groups is 1. The molecule has 7 heteroatoms. The summed E-state index contributed by atoms with van der Waals surface area (Å²) in [4.78, 5) is 31.7. The molecule has 0 aliphatic carbocycles. The van der Waals surface area contributed by atoms with Gasteiger partial charge in [0.1, 0.15) is 10.7 Å². The number of thiophene rings is 1. The van der Waals surface area contributed by atoms with E-state index in [0.29, 0.717) is 37.3 Å². The first kappa shape index (κ1) is 13.3. The zero-order valence-corrected chi connectivity index (χ0v) is 11.6. The second-order valence-electron chi connectivity index (χ2n) is 4.75. The molecular formula is C13H14N2O4S. The monoisotopic (exact) mass is 294 g/mol. The number of ether oxygens (including phenoxy) is 1. The summed E-state index contributed by atoms with van der Waals surface area (Å²) in [6.07, 6.45) is 1.77. The molecule has 2 N–H and O–H groups in total. The predicted molar refractivity (Wildman–Crippen MR) is 74.2 cm³/mol. The zero-order chi connectivity index (χ0) is 14.1. The van der Waals surface area contributed by atoms with Gasteiger partial charge in [0.25, 0.3) is 5.56 Å². The molecule has 0 spiro atoms. The Hall–Kier alpha value is -1.73. The third-order valence-corrected chi connectivity index (χ3v) is 4.43. The molecule has 0 fully saturated rings. The standard InChI is InChI=1S/C13H14N2O4S/c16-10(17)3-1-2-9-14-12(18)11-7-4-5-19-6-8(7)20-13(11)15-9/h1-6H2,(H,16,17)(H,14,15,18). The molecule has 3 rings (SSSR count). The number of carboxylic acid groups (broad SMARTS) is 1. The summed E-state index contributed by atoms with van der Waals surface area (Å²) in [6.45, 7) is 1.18. The average Bonchev–Trinajstić information content (AvgIpc) is 2.76. The number of fused-ring (bicyclic) bond motifs is 3. The van der Waals surface area contributed by atoms with Gasteiger partial charge in [0.2, 0.25) is 0 Å². The van der Waals surface area contributed by atoms with Gasteiger partial charge in [-0.2, -0.15) is 0 Å². The summed E-state index contributed by atoms with van der Waals surface area (Å²) in [7, 11) is 0. The number of carboxylic acids is 1. The van der Waals surface area contributed by atoms with E-state index in [0.717, 1.165) is 21.7 Å². The molecule has 0 aromatic carbocycles. The number of aromatic nitrogens is 2. The number of aromatic amines is 1. The fraction of sp³-hybridized carbons (Fsp3) is 0.462. The van der Waals surface area contributed by atoms with Crippen LogP contribution in [-0.2, 0) is 29.0 Å². The highest BCUT2D eigenvalue weighted by Gasteiger charge is 2.20. The van der Waals surface area contributed by atoms with Gasteiger partial charge in [0, 0.05) is 17.7 Å². The lowest BCUT2D eigenvalue weighted by atomic mass is 10.1. The third kappa shape index (κ3) is 2.46. The van der Waals surface area contributed by atoms with E-state index in [-0.39, 0.29) is 12.0 Å². The lowest BCUT2D eigenvalue weighted by Crippen LogP contribution is -2.14. The van der Waals surface area contributed by atoms with Gasteiger partial charge >= 0.3 is 5.97 Å². The van der Waals surface area contributed by atoms with Crippen LogP contribution in [0.3, 0.4) is 0 Å². The Bertz CT molecular complexity index is 719. The second-order valence-corrected chi connectivity index (χ2v) is 5.83. The Morgan fingerprint density at radius 1 is 1.50 bits per heavy atom. The normalized spacial score (nSPS) is 14.4. The van der Waals surface area contributed by atoms with Crippen molar-refractivity contribution < 1.29 is 14.6 Å². The number of rotatable bonds is 4. The van der Waals surface area contributed by atoms with Crippen molar-refractivity contribution in [1.82, 2.24) is 9.97 Å². The van der Waals surface area contributed by atoms with Gasteiger partial charge in [-0.1, -0.05) is 0 Å². The molecule has 3 heterocycles. The van der Waals surface area contributed by atoms with Gasteiger partial charge in [-0.25, -0.2) is 4.98 Å². The van der Waals surface area contributed by atoms with Crippen molar-refractivity contribution in [3.05, 3.63) is 26.6 Å². The van der Waals surface area contributed by atoms with Gasteiger partial charge in [-0.05, 0) is 18.4 Å². The van der Waals surface area contributed by atoms with Crippen molar-refractivity contribution >= 4 is 27.5 Å². The summed E-state index contributed by atoms with van der Waals surface area (Å²) in [6, 6.07) is 0. The molecule has 20 heavy (non-hydrogen) atoms. The van der Waals surface area contributed by atoms with Crippen LogP contribution in [0, 0.1) is 0 Å².